The van der Waals surface area contributed by atoms with Crippen LogP contribution in [-0.4, -0.2) is 5.78 Å². The Hall–Kier alpha value is -1.11. The van der Waals surface area contributed by atoms with Crippen molar-refractivity contribution in [3.05, 3.63) is 33.9 Å². The van der Waals surface area contributed by atoms with Gasteiger partial charge in [-0.05, 0) is 74.6 Å². The second kappa shape index (κ2) is 4.47. The minimum Gasteiger partial charge on any atom is -0.294 e. The van der Waals surface area contributed by atoms with Crippen molar-refractivity contribution >= 4 is 5.78 Å². The van der Waals surface area contributed by atoms with Crippen LogP contribution in [0.2, 0.25) is 0 Å². The molecule has 0 heterocycles. The highest BCUT2D eigenvalue weighted by molar-refractivity contribution is 6.03. The summed E-state index contributed by atoms with van der Waals surface area (Å²) >= 11 is 0. The van der Waals surface area contributed by atoms with Crippen LogP contribution in [0, 0.1) is 45.4 Å². The average Bonchev–Trinajstić information content (AvgIpc) is 3.11. The Balaban J connectivity index is 1.97. The number of carbonyl (C=O) groups is 1. The fraction of sp³-hybridized carbons (Fsp3) is 0.611. The molecule has 0 aliphatic heterocycles. The third-order valence-electron chi connectivity index (χ3n) is 5.57. The first-order valence-electron chi connectivity index (χ1n) is 7.64. The van der Waals surface area contributed by atoms with Gasteiger partial charge in [-0.15, -0.1) is 0 Å². The SMILES string of the molecule is Cc1cc(C)c(C)c(C(=O)C2C3CCCCC32)c1C. The van der Waals surface area contributed by atoms with Crippen molar-refractivity contribution in [3.63, 3.8) is 0 Å². The van der Waals surface area contributed by atoms with E-state index in [9.17, 15) is 4.79 Å². The van der Waals surface area contributed by atoms with E-state index < -0.39 is 0 Å². The Labute approximate surface area is 116 Å². The Morgan fingerprint density at radius 3 is 1.89 bits per heavy atom. The highest BCUT2D eigenvalue weighted by atomic mass is 16.1. The number of hydrogen-bond donors (Lipinski definition) is 0. The molecule has 2 atom stereocenters. The molecular formula is C18H24O. The normalized spacial score (nSPS) is 28.9. The van der Waals surface area contributed by atoms with Crippen LogP contribution in [0.5, 0.6) is 0 Å². The van der Waals surface area contributed by atoms with Crippen molar-refractivity contribution in [2.75, 3.05) is 0 Å². The van der Waals surface area contributed by atoms with Gasteiger partial charge in [0.25, 0.3) is 0 Å². The van der Waals surface area contributed by atoms with Crippen LogP contribution in [0.1, 0.15) is 58.3 Å². The first-order chi connectivity index (χ1) is 9.02. The van der Waals surface area contributed by atoms with Crippen molar-refractivity contribution < 1.29 is 4.79 Å². The predicted octanol–water partition coefficient (Wildman–Crippen LogP) is 4.54. The summed E-state index contributed by atoms with van der Waals surface area (Å²) in [6, 6.07) is 2.21. The maximum atomic E-state index is 12.9. The van der Waals surface area contributed by atoms with E-state index in [2.05, 4.69) is 33.8 Å². The summed E-state index contributed by atoms with van der Waals surface area (Å²) in [6.07, 6.45) is 5.22. The Morgan fingerprint density at radius 2 is 1.42 bits per heavy atom. The standard InChI is InChI=1S/C18H24O/c1-10-9-11(2)13(4)16(12(10)3)18(19)17-14-7-5-6-8-15(14)17/h9,14-15,17H,5-8H2,1-4H3. The van der Waals surface area contributed by atoms with Crippen LogP contribution in [-0.2, 0) is 0 Å². The second-order valence-electron chi connectivity index (χ2n) is 6.64. The van der Waals surface area contributed by atoms with E-state index in [0.29, 0.717) is 23.5 Å². The molecule has 0 spiro atoms. The van der Waals surface area contributed by atoms with Gasteiger partial charge in [0.15, 0.2) is 5.78 Å². The van der Waals surface area contributed by atoms with E-state index in [1.165, 1.54) is 47.9 Å². The quantitative estimate of drug-likeness (QED) is 0.710. The Bertz CT molecular complexity index is 503. The summed E-state index contributed by atoms with van der Waals surface area (Å²) in [6.45, 7) is 8.47. The van der Waals surface area contributed by atoms with Crippen molar-refractivity contribution in [2.45, 2.75) is 53.4 Å². The lowest BCUT2D eigenvalue weighted by Gasteiger charge is -2.14. The van der Waals surface area contributed by atoms with Crippen molar-refractivity contribution in [2.24, 2.45) is 17.8 Å². The number of aryl methyl sites for hydroxylation is 2. The number of rotatable bonds is 2. The van der Waals surface area contributed by atoms with E-state index in [1.807, 2.05) is 0 Å². The molecule has 0 radical (unpaired) electrons. The fourth-order valence-electron chi connectivity index (χ4n) is 4.13. The van der Waals surface area contributed by atoms with Crippen LogP contribution in [0.4, 0.5) is 0 Å². The predicted molar refractivity (Wildman–Crippen MR) is 78.7 cm³/mol. The number of fused-ring (bicyclic) bond motifs is 1. The lowest BCUT2D eigenvalue weighted by molar-refractivity contribution is 0.0955. The van der Waals surface area contributed by atoms with Gasteiger partial charge in [-0.3, -0.25) is 4.79 Å². The van der Waals surface area contributed by atoms with Crippen LogP contribution >= 0.6 is 0 Å². The molecule has 1 aromatic carbocycles. The lowest BCUT2D eigenvalue weighted by atomic mass is 9.89. The van der Waals surface area contributed by atoms with Gasteiger partial charge >= 0.3 is 0 Å². The smallest absolute Gasteiger partial charge is 0.167 e. The maximum absolute atomic E-state index is 12.9. The fourth-order valence-corrected chi connectivity index (χ4v) is 4.13. The average molecular weight is 256 g/mol. The summed E-state index contributed by atoms with van der Waals surface area (Å²) in [4.78, 5) is 12.9. The molecule has 0 aromatic heterocycles. The van der Waals surface area contributed by atoms with Gasteiger partial charge < -0.3 is 0 Å². The third kappa shape index (κ3) is 1.94. The highest BCUT2D eigenvalue weighted by Crippen LogP contribution is 2.56. The molecule has 3 rings (SSSR count). The molecule has 102 valence electrons. The Kier molecular flexibility index (Phi) is 3.03. The minimum absolute atomic E-state index is 0.348. The first-order valence-corrected chi connectivity index (χ1v) is 7.64. The van der Waals surface area contributed by atoms with E-state index in [4.69, 9.17) is 0 Å². The lowest BCUT2D eigenvalue weighted by Crippen LogP contribution is -2.11. The largest absolute Gasteiger partial charge is 0.294 e. The summed E-state index contributed by atoms with van der Waals surface area (Å²) < 4.78 is 0. The second-order valence-corrected chi connectivity index (χ2v) is 6.64. The molecule has 2 unspecified atom stereocenters. The topological polar surface area (TPSA) is 17.1 Å². The summed E-state index contributed by atoms with van der Waals surface area (Å²) in [5.41, 5.74) is 5.97. The van der Waals surface area contributed by atoms with Gasteiger partial charge in [0, 0.05) is 11.5 Å². The van der Waals surface area contributed by atoms with Gasteiger partial charge in [0.05, 0.1) is 0 Å². The van der Waals surface area contributed by atoms with Crippen molar-refractivity contribution in [1.82, 2.24) is 0 Å². The monoisotopic (exact) mass is 256 g/mol. The van der Waals surface area contributed by atoms with Crippen molar-refractivity contribution in [1.29, 1.82) is 0 Å². The number of hydrogen-bond acceptors (Lipinski definition) is 1. The molecule has 2 aliphatic rings. The molecule has 2 fully saturated rings. The van der Waals surface area contributed by atoms with E-state index >= 15 is 0 Å². The molecule has 0 bridgehead atoms. The molecule has 1 heteroatoms. The number of ketones is 1. The van der Waals surface area contributed by atoms with Gasteiger partial charge in [-0.1, -0.05) is 18.9 Å². The zero-order chi connectivity index (χ0) is 13.7. The van der Waals surface area contributed by atoms with Crippen molar-refractivity contribution in [3.8, 4) is 0 Å². The van der Waals surface area contributed by atoms with Crippen LogP contribution in [0.25, 0.3) is 0 Å². The molecular weight excluding hydrogens is 232 g/mol. The van der Waals surface area contributed by atoms with E-state index in [1.54, 1.807) is 0 Å². The van der Waals surface area contributed by atoms with Gasteiger partial charge in [-0.25, -0.2) is 0 Å². The minimum atomic E-state index is 0.348. The molecule has 19 heavy (non-hydrogen) atoms. The maximum Gasteiger partial charge on any atom is 0.167 e. The number of carbonyl (C=O) groups excluding carboxylic acids is 1. The third-order valence-corrected chi connectivity index (χ3v) is 5.57. The molecule has 0 N–H and O–H groups in total. The summed E-state index contributed by atoms with van der Waals surface area (Å²) in [5, 5.41) is 0. The highest BCUT2D eigenvalue weighted by Gasteiger charge is 2.54. The first kappa shape index (κ1) is 12.9. The number of benzene rings is 1. The van der Waals surface area contributed by atoms with Gasteiger partial charge in [0.1, 0.15) is 0 Å². The van der Waals surface area contributed by atoms with Crippen LogP contribution in [0.15, 0.2) is 6.07 Å². The molecule has 0 saturated heterocycles. The van der Waals surface area contributed by atoms with Gasteiger partial charge in [0.2, 0.25) is 0 Å². The summed E-state index contributed by atoms with van der Waals surface area (Å²) in [5.74, 6) is 2.21. The van der Waals surface area contributed by atoms with E-state index in [-0.39, 0.29) is 0 Å². The molecule has 2 aliphatic carbocycles. The van der Waals surface area contributed by atoms with Gasteiger partial charge in [-0.2, -0.15) is 0 Å². The Morgan fingerprint density at radius 1 is 0.947 bits per heavy atom. The molecule has 0 amide bonds. The van der Waals surface area contributed by atoms with E-state index in [0.717, 1.165) is 5.56 Å². The zero-order valence-electron chi connectivity index (χ0n) is 12.5. The summed E-state index contributed by atoms with van der Waals surface area (Å²) in [7, 11) is 0. The molecule has 2 saturated carbocycles. The van der Waals surface area contributed by atoms with Crippen LogP contribution in [0.3, 0.4) is 0 Å². The zero-order valence-corrected chi connectivity index (χ0v) is 12.5. The molecule has 1 nitrogen and oxygen atoms in total. The number of Topliss-reactive ketones (excluding diaryl/α,β-unsaturated/α-hetero) is 1. The van der Waals surface area contributed by atoms with Crippen LogP contribution < -0.4 is 0 Å². The molecule has 1 aromatic rings.